The lowest BCUT2D eigenvalue weighted by atomic mass is 9.98. The molecule has 2 N–H and O–H groups in total. The zero-order chi connectivity index (χ0) is 19.5. The number of hydrogen-bond donors (Lipinski definition) is 2. The van der Waals surface area contributed by atoms with Crippen molar-refractivity contribution in [3.05, 3.63) is 58.7 Å². The molecule has 0 aromatic heterocycles. The molecular formula is C22H24N2O4. The highest BCUT2D eigenvalue weighted by molar-refractivity contribution is 6.04. The van der Waals surface area contributed by atoms with Gasteiger partial charge in [-0.25, -0.2) is 0 Å². The maximum absolute atomic E-state index is 12.7. The third kappa shape index (κ3) is 4.02. The molecule has 0 fully saturated rings. The summed E-state index contributed by atoms with van der Waals surface area (Å²) in [6.07, 6.45) is 2.58. The number of hydrogen-bond acceptors (Lipinski definition) is 5. The minimum absolute atomic E-state index is 0.110. The van der Waals surface area contributed by atoms with Crippen LogP contribution in [-0.4, -0.2) is 31.6 Å². The van der Waals surface area contributed by atoms with Crippen molar-refractivity contribution in [2.45, 2.75) is 38.3 Å². The Morgan fingerprint density at radius 2 is 2.04 bits per heavy atom. The van der Waals surface area contributed by atoms with Gasteiger partial charge in [0.15, 0.2) is 0 Å². The summed E-state index contributed by atoms with van der Waals surface area (Å²) in [5, 5.41) is 6.32. The fraction of sp³-hybridized carbons (Fsp3) is 0.364. The quantitative estimate of drug-likeness (QED) is 0.798. The number of carbonyl (C=O) groups excluding carboxylic acids is 2. The minimum Gasteiger partial charge on any atom is -0.490 e. The Kier molecular flexibility index (Phi) is 5.30. The van der Waals surface area contributed by atoms with Crippen LogP contribution >= 0.6 is 0 Å². The molecular weight excluding hydrogens is 356 g/mol. The lowest BCUT2D eigenvalue weighted by Gasteiger charge is -2.26. The number of anilines is 1. The molecule has 1 unspecified atom stereocenters. The van der Waals surface area contributed by atoms with Gasteiger partial charge in [0.1, 0.15) is 11.9 Å². The minimum atomic E-state index is -0.266. The molecule has 2 aromatic rings. The van der Waals surface area contributed by atoms with E-state index in [-0.39, 0.29) is 24.4 Å². The number of ether oxygens (including phenoxy) is 2. The molecule has 2 aromatic carbocycles. The van der Waals surface area contributed by atoms with Crippen molar-refractivity contribution >= 4 is 17.6 Å². The van der Waals surface area contributed by atoms with E-state index in [2.05, 4.69) is 10.6 Å². The van der Waals surface area contributed by atoms with Crippen LogP contribution in [0.4, 0.5) is 5.69 Å². The van der Waals surface area contributed by atoms with E-state index < -0.39 is 0 Å². The summed E-state index contributed by atoms with van der Waals surface area (Å²) in [6, 6.07) is 11.5. The molecule has 0 aliphatic carbocycles. The lowest BCUT2D eigenvalue weighted by Crippen LogP contribution is -2.26. The van der Waals surface area contributed by atoms with Crippen LogP contribution in [0.1, 0.15) is 39.9 Å². The third-order valence-corrected chi connectivity index (χ3v) is 5.32. The second-order valence-electron chi connectivity index (χ2n) is 7.25. The normalized spacial score (nSPS) is 17.7. The van der Waals surface area contributed by atoms with Crippen molar-refractivity contribution in [1.29, 1.82) is 0 Å². The van der Waals surface area contributed by atoms with E-state index in [1.165, 1.54) is 18.2 Å². The molecule has 0 radical (unpaired) electrons. The van der Waals surface area contributed by atoms with E-state index in [1.54, 1.807) is 0 Å². The molecule has 2 aliphatic rings. The number of benzene rings is 2. The molecule has 4 rings (SSSR count). The van der Waals surface area contributed by atoms with E-state index in [9.17, 15) is 9.59 Å². The Morgan fingerprint density at radius 1 is 1.14 bits per heavy atom. The van der Waals surface area contributed by atoms with Gasteiger partial charge in [-0.2, -0.15) is 0 Å². The van der Waals surface area contributed by atoms with Crippen LogP contribution in [0.25, 0.3) is 0 Å². The number of nitrogens with one attached hydrogen (secondary N) is 2. The van der Waals surface area contributed by atoms with E-state index >= 15 is 0 Å². The summed E-state index contributed by atoms with van der Waals surface area (Å²) < 4.78 is 10.6. The first-order chi connectivity index (χ1) is 13.6. The number of esters is 1. The number of amides is 1. The van der Waals surface area contributed by atoms with Crippen LogP contribution in [0.3, 0.4) is 0 Å². The SMILES string of the molecule is COC(=O)CC1CCc2cc(NC(=O)c3ccc4c(c3)CCNC4)ccc2O1. The maximum Gasteiger partial charge on any atom is 0.309 e. The molecule has 2 heterocycles. The van der Waals surface area contributed by atoms with Gasteiger partial charge in [-0.15, -0.1) is 0 Å². The van der Waals surface area contributed by atoms with Crippen LogP contribution in [0.5, 0.6) is 5.75 Å². The van der Waals surface area contributed by atoms with Crippen molar-refractivity contribution in [1.82, 2.24) is 5.32 Å². The molecule has 0 spiro atoms. The zero-order valence-corrected chi connectivity index (χ0v) is 15.9. The first-order valence-electron chi connectivity index (χ1n) is 9.62. The predicted molar refractivity (Wildman–Crippen MR) is 106 cm³/mol. The van der Waals surface area contributed by atoms with E-state index in [0.717, 1.165) is 49.4 Å². The Balaban J connectivity index is 1.43. The Bertz CT molecular complexity index is 909. The van der Waals surface area contributed by atoms with Crippen molar-refractivity contribution in [2.75, 3.05) is 19.0 Å². The fourth-order valence-electron chi connectivity index (χ4n) is 3.76. The van der Waals surface area contributed by atoms with E-state index in [1.807, 2.05) is 36.4 Å². The molecule has 0 bridgehead atoms. The highest BCUT2D eigenvalue weighted by Crippen LogP contribution is 2.31. The molecule has 6 heteroatoms. The van der Waals surface area contributed by atoms with Crippen molar-refractivity contribution in [3.63, 3.8) is 0 Å². The number of methoxy groups -OCH3 is 1. The predicted octanol–water partition coefficient (Wildman–Crippen LogP) is 2.84. The first kappa shape index (κ1) is 18.5. The standard InChI is InChI=1S/C22H24N2O4/c1-27-21(25)12-19-6-4-15-11-18(5-7-20(15)28-19)24-22(26)16-2-3-17-13-23-9-8-14(17)10-16/h2-3,5,7,10-11,19,23H,4,6,8-9,12-13H2,1H3,(H,24,26). The van der Waals surface area contributed by atoms with E-state index in [0.29, 0.717) is 5.56 Å². The second-order valence-corrected chi connectivity index (χ2v) is 7.25. The summed E-state index contributed by atoms with van der Waals surface area (Å²) >= 11 is 0. The molecule has 2 aliphatic heterocycles. The molecule has 6 nitrogen and oxygen atoms in total. The Morgan fingerprint density at radius 3 is 2.89 bits per heavy atom. The van der Waals surface area contributed by atoms with Gasteiger partial charge in [0.05, 0.1) is 13.5 Å². The van der Waals surface area contributed by atoms with Gasteiger partial charge >= 0.3 is 5.97 Å². The van der Waals surface area contributed by atoms with Gasteiger partial charge < -0.3 is 20.1 Å². The average molecular weight is 380 g/mol. The van der Waals surface area contributed by atoms with Gasteiger partial charge in [-0.3, -0.25) is 9.59 Å². The summed E-state index contributed by atoms with van der Waals surface area (Å²) in [4.78, 5) is 24.1. The first-order valence-corrected chi connectivity index (χ1v) is 9.62. The monoisotopic (exact) mass is 380 g/mol. The average Bonchev–Trinajstić information content (AvgIpc) is 2.73. The zero-order valence-electron chi connectivity index (χ0n) is 15.9. The smallest absolute Gasteiger partial charge is 0.309 e. The number of rotatable bonds is 4. The Labute approximate surface area is 164 Å². The second kappa shape index (κ2) is 8.02. The Hall–Kier alpha value is -2.86. The van der Waals surface area contributed by atoms with Gasteiger partial charge in [-0.05, 0) is 72.8 Å². The van der Waals surface area contributed by atoms with Crippen LogP contribution < -0.4 is 15.4 Å². The van der Waals surface area contributed by atoms with Gasteiger partial charge in [-0.1, -0.05) is 6.07 Å². The summed E-state index contributed by atoms with van der Waals surface area (Å²) in [5.41, 5.74) is 4.96. The molecule has 28 heavy (non-hydrogen) atoms. The topological polar surface area (TPSA) is 76.7 Å². The van der Waals surface area contributed by atoms with Gasteiger partial charge in [0, 0.05) is 17.8 Å². The van der Waals surface area contributed by atoms with Crippen molar-refractivity contribution < 1.29 is 19.1 Å². The van der Waals surface area contributed by atoms with Crippen molar-refractivity contribution in [3.8, 4) is 5.75 Å². The van der Waals surface area contributed by atoms with Gasteiger partial charge in [0.2, 0.25) is 0 Å². The van der Waals surface area contributed by atoms with Crippen LogP contribution in [0, 0.1) is 0 Å². The lowest BCUT2D eigenvalue weighted by molar-refractivity contribution is -0.142. The van der Waals surface area contributed by atoms with E-state index in [4.69, 9.17) is 9.47 Å². The highest BCUT2D eigenvalue weighted by atomic mass is 16.5. The molecule has 0 saturated carbocycles. The van der Waals surface area contributed by atoms with Crippen LogP contribution in [0.2, 0.25) is 0 Å². The molecule has 1 atom stereocenters. The summed E-state index contributed by atoms with van der Waals surface area (Å²) in [5.74, 6) is 0.388. The largest absolute Gasteiger partial charge is 0.490 e. The molecule has 1 amide bonds. The maximum atomic E-state index is 12.7. The van der Waals surface area contributed by atoms with Crippen LogP contribution in [-0.2, 0) is 28.9 Å². The third-order valence-electron chi connectivity index (χ3n) is 5.32. The number of aryl methyl sites for hydroxylation is 1. The van der Waals surface area contributed by atoms with Crippen molar-refractivity contribution in [2.24, 2.45) is 0 Å². The van der Waals surface area contributed by atoms with Gasteiger partial charge in [0.25, 0.3) is 5.91 Å². The number of fused-ring (bicyclic) bond motifs is 2. The molecule has 0 saturated heterocycles. The highest BCUT2D eigenvalue weighted by Gasteiger charge is 2.23. The fourth-order valence-corrected chi connectivity index (χ4v) is 3.76. The van der Waals surface area contributed by atoms with Crippen LogP contribution in [0.15, 0.2) is 36.4 Å². The number of carbonyl (C=O) groups is 2. The summed E-state index contributed by atoms with van der Waals surface area (Å²) in [7, 11) is 1.38. The summed E-state index contributed by atoms with van der Waals surface area (Å²) in [6.45, 7) is 1.80. The molecule has 146 valence electrons.